The van der Waals surface area contributed by atoms with E-state index in [0.29, 0.717) is 0 Å². The largest absolute Gasteiger partial charge is 0.361 e. The number of benzene rings is 1. The number of nitrogens with one attached hydrogen (secondary N) is 1. The molecule has 11 heavy (non-hydrogen) atoms. The molecule has 1 heterocycles. The Kier molecular flexibility index (Phi) is 4.40. The molecule has 54 valence electrons. The summed E-state index contributed by atoms with van der Waals surface area (Å²) in [5.41, 5.74) is 1.21. The molecular weight excluding hydrogens is 211 g/mol. The topological polar surface area (TPSA) is 15.8 Å². The molecule has 0 spiro atoms. The summed E-state index contributed by atoms with van der Waals surface area (Å²) in [4.78, 5) is 3.12. The number of aromatic nitrogens is 1. The Bertz CT molecular complexity index is 288. The first-order valence-electron chi connectivity index (χ1n) is 2.99. The van der Waals surface area contributed by atoms with E-state index in [1.807, 2.05) is 18.3 Å². The van der Waals surface area contributed by atoms with Crippen LogP contribution in [0.5, 0.6) is 0 Å². The molecule has 0 radical (unpaired) electrons. The van der Waals surface area contributed by atoms with E-state index in [4.69, 9.17) is 0 Å². The Morgan fingerprint density at radius 2 is 1.73 bits per heavy atom. The van der Waals surface area contributed by atoms with Crippen LogP contribution in [0.25, 0.3) is 10.9 Å². The molecule has 0 atom stereocenters. The average molecular weight is 219 g/mol. The molecule has 0 saturated carbocycles. The summed E-state index contributed by atoms with van der Waals surface area (Å²) in [6.07, 6.45) is 1.95. The fraction of sp³-hybridized carbons (Fsp3) is 0. The molecule has 2 rings (SSSR count). The van der Waals surface area contributed by atoms with Crippen molar-refractivity contribution in [2.75, 3.05) is 0 Å². The molecule has 0 aliphatic carbocycles. The zero-order valence-corrected chi connectivity index (χ0v) is 9.86. The number of halogens is 1. The van der Waals surface area contributed by atoms with Crippen LogP contribution >= 0.6 is 12.4 Å². The summed E-state index contributed by atoms with van der Waals surface area (Å²) in [6.45, 7) is 0. The van der Waals surface area contributed by atoms with Gasteiger partial charge in [-0.15, -0.1) is 12.4 Å². The number of fused-ring (bicyclic) bond motifs is 1. The minimum atomic E-state index is 0. The van der Waals surface area contributed by atoms with Gasteiger partial charge < -0.3 is 4.98 Å². The average Bonchev–Trinajstić information content (AvgIpc) is 2.33. The Hall–Kier alpha value is -0.327. The molecule has 1 aromatic carbocycles. The smallest absolute Gasteiger partial charge is 0.0453 e. The van der Waals surface area contributed by atoms with E-state index < -0.39 is 0 Å². The summed E-state index contributed by atoms with van der Waals surface area (Å²) < 4.78 is 0. The summed E-state index contributed by atoms with van der Waals surface area (Å²) in [5, 5.41) is 1.28. The van der Waals surface area contributed by atoms with E-state index in [0.717, 1.165) is 0 Å². The molecule has 0 aliphatic heterocycles. The van der Waals surface area contributed by atoms with Crippen LogP contribution in [0.3, 0.4) is 0 Å². The second-order valence-corrected chi connectivity index (χ2v) is 2.06. The number of hydrogen-bond donors (Lipinski definition) is 1. The van der Waals surface area contributed by atoms with E-state index in [-0.39, 0.29) is 31.9 Å². The molecule has 1 nitrogen and oxygen atoms in total. The van der Waals surface area contributed by atoms with Crippen molar-refractivity contribution in [3.63, 3.8) is 0 Å². The van der Waals surface area contributed by atoms with Gasteiger partial charge in [-0.2, -0.15) is 0 Å². The van der Waals surface area contributed by atoms with Crippen LogP contribution in [-0.2, 0) is 19.5 Å². The molecule has 3 heteroatoms. The number of hydrogen-bond acceptors (Lipinski definition) is 0. The SMILES string of the molecule is Cl.[Zn].c1ccc2[nH]ccc2c1. The maximum absolute atomic E-state index is 3.12. The minimum Gasteiger partial charge on any atom is -0.361 e. The zero-order chi connectivity index (χ0) is 6.10. The second kappa shape index (κ2) is 4.53. The molecule has 0 bridgehead atoms. The van der Waals surface area contributed by atoms with Gasteiger partial charge in [-0.1, -0.05) is 18.2 Å². The maximum Gasteiger partial charge on any atom is 0.0453 e. The van der Waals surface area contributed by atoms with E-state index in [9.17, 15) is 0 Å². The fourth-order valence-corrected chi connectivity index (χ4v) is 0.995. The number of rotatable bonds is 0. The second-order valence-electron chi connectivity index (χ2n) is 2.06. The molecule has 1 aromatic heterocycles. The summed E-state index contributed by atoms with van der Waals surface area (Å²) in [7, 11) is 0. The summed E-state index contributed by atoms with van der Waals surface area (Å²) >= 11 is 0. The quantitative estimate of drug-likeness (QED) is 0.655. The third kappa shape index (κ3) is 2.05. The molecule has 0 unspecified atom stereocenters. The van der Waals surface area contributed by atoms with Gasteiger partial charge in [0.05, 0.1) is 0 Å². The fourth-order valence-electron chi connectivity index (χ4n) is 0.995. The van der Waals surface area contributed by atoms with Gasteiger partial charge in [-0.05, 0) is 17.5 Å². The van der Waals surface area contributed by atoms with Crippen molar-refractivity contribution < 1.29 is 19.5 Å². The van der Waals surface area contributed by atoms with E-state index >= 15 is 0 Å². The van der Waals surface area contributed by atoms with E-state index in [1.165, 1.54) is 10.9 Å². The van der Waals surface area contributed by atoms with Crippen LogP contribution < -0.4 is 0 Å². The van der Waals surface area contributed by atoms with Crippen molar-refractivity contribution in [3.8, 4) is 0 Å². The van der Waals surface area contributed by atoms with Crippen molar-refractivity contribution in [1.29, 1.82) is 0 Å². The van der Waals surface area contributed by atoms with Crippen LogP contribution in [0, 0.1) is 0 Å². The Labute approximate surface area is 84.4 Å². The normalized spacial score (nSPS) is 8.36. The van der Waals surface area contributed by atoms with E-state index in [2.05, 4.69) is 23.2 Å². The van der Waals surface area contributed by atoms with Gasteiger partial charge in [-0.25, -0.2) is 0 Å². The van der Waals surface area contributed by atoms with Gasteiger partial charge in [0, 0.05) is 31.2 Å². The van der Waals surface area contributed by atoms with Crippen LogP contribution in [0.1, 0.15) is 0 Å². The Balaban J connectivity index is 0.000000500. The van der Waals surface area contributed by atoms with Gasteiger partial charge in [-0.3, -0.25) is 0 Å². The van der Waals surface area contributed by atoms with Crippen molar-refractivity contribution in [1.82, 2.24) is 4.98 Å². The summed E-state index contributed by atoms with van der Waals surface area (Å²) in [5.74, 6) is 0. The molecule has 0 fully saturated rings. The first-order chi connectivity index (χ1) is 4.47. The predicted molar refractivity (Wildman–Crippen MR) is 45.5 cm³/mol. The van der Waals surface area contributed by atoms with Gasteiger partial charge in [0.2, 0.25) is 0 Å². The van der Waals surface area contributed by atoms with Crippen LogP contribution in [-0.4, -0.2) is 4.98 Å². The van der Waals surface area contributed by atoms with Gasteiger partial charge in [0.25, 0.3) is 0 Å². The maximum atomic E-state index is 3.12. The first-order valence-corrected chi connectivity index (χ1v) is 2.99. The van der Waals surface area contributed by atoms with Crippen molar-refractivity contribution in [3.05, 3.63) is 36.5 Å². The van der Waals surface area contributed by atoms with Gasteiger partial charge in [0.15, 0.2) is 0 Å². The zero-order valence-electron chi connectivity index (χ0n) is 6.08. The molecule has 0 amide bonds. The third-order valence-electron chi connectivity index (χ3n) is 1.46. The molecule has 2 aromatic rings. The minimum absolute atomic E-state index is 0. The Morgan fingerprint density at radius 3 is 2.45 bits per heavy atom. The number of H-pyrrole nitrogens is 1. The number of aromatic amines is 1. The Morgan fingerprint density at radius 1 is 1.00 bits per heavy atom. The molecule has 1 N–H and O–H groups in total. The monoisotopic (exact) mass is 217 g/mol. The molecular formula is C8H8ClNZn. The van der Waals surface area contributed by atoms with Crippen LogP contribution in [0.2, 0.25) is 0 Å². The van der Waals surface area contributed by atoms with Crippen molar-refractivity contribution >= 4 is 23.3 Å². The molecule has 0 saturated heterocycles. The third-order valence-corrected chi connectivity index (χ3v) is 1.46. The number of para-hydroxylation sites is 1. The summed E-state index contributed by atoms with van der Waals surface area (Å²) in [6, 6.07) is 10.3. The van der Waals surface area contributed by atoms with Crippen molar-refractivity contribution in [2.45, 2.75) is 0 Å². The van der Waals surface area contributed by atoms with Gasteiger partial charge >= 0.3 is 0 Å². The van der Waals surface area contributed by atoms with Crippen molar-refractivity contribution in [2.24, 2.45) is 0 Å². The standard InChI is InChI=1S/C8H7N.ClH.Zn/c1-2-4-8-7(3-1)5-6-9-8;;/h1-6,9H;1H;. The van der Waals surface area contributed by atoms with Crippen LogP contribution in [0.4, 0.5) is 0 Å². The first kappa shape index (κ1) is 10.7. The van der Waals surface area contributed by atoms with Crippen LogP contribution in [0.15, 0.2) is 36.5 Å². The predicted octanol–water partition coefficient (Wildman–Crippen LogP) is 2.59. The van der Waals surface area contributed by atoms with E-state index in [1.54, 1.807) is 0 Å². The molecule has 0 aliphatic rings. The van der Waals surface area contributed by atoms with Gasteiger partial charge in [0.1, 0.15) is 0 Å².